The maximum atomic E-state index is 5.47. The number of aryl methyl sites for hydroxylation is 2. The molecular weight excluding hydrogens is 721 g/mol. The van der Waals surface area contributed by atoms with Crippen LogP contribution in [0.5, 0.6) is 0 Å². The van der Waals surface area contributed by atoms with Crippen LogP contribution in [0.3, 0.4) is 0 Å². The summed E-state index contributed by atoms with van der Waals surface area (Å²) in [5.41, 5.74) is 12.9. The van der Waals surface area contributed by atoms with E-state index in [1.165, 1.54) is 32.7 Å². The van der Waals surface area contributed by atoms with E-state index in [4.69, 9.17) is 15.0 Å². The summed E-state index contributed by atoms with van der Waals surface area (Å²) in [5, 5.41) is 7.14. The first kappa shape index (κ1) is 33.3. The first-order valence-corrected chi connectivity index (χ1v) is 20.0. The third kappa shape index (κ3) is 5.03. The summed E-state index contributed by atoms with van der Waals surface area (Å²) in [7, 11) is 0. The first-order valence-electron chi connectivity index (χ1n) is 20.0. The van der Waals surface area contributed by atoms with Gasteiger partial charge in [0.15, 0.2) is 11.6 Å². The van der Waals surface area contributed by atoms with E-state index in [1.54, 1.807) is 0 Å². The maximum absolute atomic E-state index is 5.47. The van der Waals surface area contributed by atoms with Crippen molar-refractivity contribution in [3.05, 3.63) is 193 Å². The number of benzene rings is 8. The van der Waals surface area contributed by atoms with E-state index in [0.29, 0.717) is 17.6 Å². The molecule has 0 saturated heterocycles. The molecule has 0 atom stereocenters. The molecular formula is C53H36N6. The zero-order chi connectivity index (χ0) is 39.2. The molecule has 0 unspecified atom stereocenters. The van der Waals surface area contributed by atoms with E-state index >= 15 is 0 Å². The average molecular weight is 757 g/mol. The SMILES string of the molecule is Cc1ccc2c(c1)c1ccccc1n2-c1ccccc1-c1nc(-c2ccccc2-n2c3ccccc3c3cc(C)ccc32)nc(-n2c3ccccc3c3ccccc32)n1. The zero-order valence-electron chi connectivity index (χ0n) is 32.5. The van der Waals surface area contributed by atoms with Gasteiger partial charge in [-0.25, -0.2) is 4.98 Å². The molecule has 0 spiro atoms. The van der Waals surface area contributed by atoms with Crippen LogP contribution < -0.4 is 0 Å². The van der Waals surface area contributed by atoms with Crippen LogP contribution in [0.25, 0.3) is 106 Å². The lowest BCUT2D eigenvalue weighted by atomic mass is 10.1. The second kappa shape index (κ2) is 12.8. The van der Waals surface area contributed by atoms with Gasteiger partial charge in [-0.05, 0) is 86.6 Å². The van der Waals surface area contributed by atoms with E-state index in [0.717, 1.165) is 66.4 Å². The van der Waals surface area contributed by atoms with Gasteiger partial charge in [0.05, 0.1) is 44.5 Å². The van der Waals surface area contributed by atoms with Gasteiger partial charge in [0, 0.05) is 43.4 Å². The second-order valence-corrected chi connectivity index (χ2v) is 15.4. The monoisotopic (exact) mass is 756 g/mol. The summed E-state index contributed by atoms with van der Waals surface area (Å²) in [6.07, 6.45) is 0. The topological polar surface area (TPSA) is 53.5 Å². The lowest BCUT2D eigenvalue weighted by Crippen LogP contribution is -2.09. The van der Waals surface area contributed by atoms with Crippen molar-refractivity contribution < 1.29 is 0 Å². The summed E-state index contributed by atoms with van der Waals surface area (Å²) < 4.78 is 6.91. The largest absolute Gasteiger partial charge is 0.309 e. The lowest BCUT2D eigenvalue weighted by molar-refractivity contribution is 0.950. The van der Waals surface area contributed by atoms with Crippen molar-refractivity contribution >= 4 is 65.4 Å². The quantitative estimate of drug-likeness (QED) is 0.176. The minimum absolute atomic E-state index is 0.558. The number of hydrogen-bond donors (Lipinski definition) is 0. The molecule has 0 bridgehead atoms. The molecule has 8 aromatic carbocycles. The molecule has 6 nitrogen and oxygen atoms in total. The van der Waals surface area contributed by atoms with Gasteiger partial charge in [-0.3, -0.25) is 4.57 Å². The van der Waals surface area contributed by atoms with Crippen LogP contribution >= 0.6 is 0 Å². The van der Waals surface area contributed by atoms with Gasteiger partial charge in [0.2, 0.25) is 5.95 Å². The molecule has 0 radical (unpaired) electrons. The fraction of sp³-hybridized carbons (Fsp3) is 0.0377. The molecule has 4 aromatic heterocycles. The van der Waals surface area contributed by atoms with Crippen molar-refractivity contribution in [3.8, 4) is 40.1 Å². The third-order valence-corrected chi connectivity index (χ3v) is 11.8. The van der Waals surface area contributed by atoms with Crippen LogP contribution in [0.15, 0.2) is 182 Å². The Morgan fingerprint density at radius 1 is 0.305 bits per heavy atom. The van der Waals surface area contributed by atoms with Crippen LogP contribution in [-0.4, -0.2) is 28.7 Å². The Bertz CT molecular complexity index is 3420. The van der Waals surface area contributed by atoms with Gasteiger partial charge in [0.25, 0.3) is 0 Å². The number of rotatable bonds is 5. The molecule has 0 aliphatic carbocycles. The van der Waals surface area contributed by atoms with E-state index < -0.39 is 0 Å². The highest BCUT2D eigenvalue weighted by Crippen LogP contribution is 2.40. The molecule has 4 heterocycles. The summed E-state index contributed by atoms with van der Waals surface area (Å²) in [6, 6.07) is 64.7. The molecule has 0 amide bonds. The molecule has 12 aromatic rings. The van der Waals surface area contributed by atoms with Crippen molar-refractivity contribution in [3.63, 3.8) is 0 Å². The third-order valence-electron chi connectivity index (χ3n) is 11.8. The molecule has 0 N–H and O–H groups in total. The predicted molar refractivity (Wildman–Crippen MR) is 243 cm³/mol. The molecule has 278 valence electrons. The fourth-order valence-corrected chi connectivity index (χ4v) is 9.25. The van der Waals surface area contributed by atoms with E-state index in [2.05, 4.69) is 210 Å². The van der Waals surface area contributed by atoms with Gasteiger partial charge in [-0.2, -0.15) is 9.97 Å². The van der Waals surface area contributed by atoms with Crippen LogP contribution in [0.2, 0.25) is 0 Å². The van der Waals surface area contributed by atoms with E-state index in [9.17, 15) is 0 Å². The van der Waals surface area contributed by atoms with Crippen LogP contribution in [0.4, 0.5) is 0 Å². The minimum atomic E-state index is 0.558. The molecule has 0 aliphatic rings. The zero-order valence-corrected chi connectivity index (χ0v) is 32.5. The van der Waals surface area contributed by atoms with Gasteiger partial charge in [-0.1, -0.05) is 120 Å². The highest BCUT2D eigenvalue weighted by atomic mass is 15.2. The van der Waals surface area contributed by atoms with Gasteiger partial charge in [-0.15, -0.1) is 0 Å². The average Bonchev–Trinajstić information content (AvgIpc) is 3.91. The predicted octanol–water partition coefficient (Wildman–Crippen LogP) is 13.1. The van der Waals surface area contributed by atoms with Crippen molar-refractivity contribution in [2.24, 2.45) is 0 Å². The first-order chi connectivity index (χ1) is 29.1. The number of fused-ring (bicyclic) bond motifs is 9. The van der Waals surface area contributed by atoms with E-state index in [1.807, 2.05) is 0 Å². The number of para-hydroxylation sites is 6. The smallest absolute Gasteiger partial charge is 0.238 e. The summed E-state index contributed by atoms with van der Waals surface area (Å²) >= 11 is 0. The second-order valence-electron chi connectivity index (χ2n) is 15.4. The van der Waals surface area contributed by atoms with Crippen molar-refractivity contribution in [2.75, 3.05) is 0 Å². The Balaban J connectivity index is 1.18. The van der Waals surface area contributed by atoms with E-state index in [-0.39, 0.29) is 0 Å². The normalized spacial score (nSPS) is 11.9. The summed E-state index contributed by atoms with van der Waals surface area (Å²) in [5.74, 6) is 1.74. The van der Waals surface area contributed by atoms with Crippen molar-refractivity contribution in [2.45, 2.75) is 13.8 Å². The van der Waals surface area contributed by atoms with Gasteiger partial charge >= 0.3 is 0 Å². The standard InChI is InChI=1S/C53H36N6/c1-33-27-29-49-41(31-33)37-17-5-9-21-43(37)57(49)47-25-13-7-19-39(47)51-54-52(56-53(55-51)59-45-23-11-3-15-35(45)36-16-4-12-24-46(36)59)40-20-8-14-26-48(40)58-44-22-10-6-18-38(44)42-32-34(2)28-30-50(42)58/h3-32H,1-2H3. The summed E-state index contributed by atoms with van der Waals surface area (Å²) in [6.45, 7) is 4.31. The van der Waals surface area contributed by atoms with Gasteiger partial charge < -0.3 is 9.13 Å². The number of aromatic nitrogens is 6. The molecule has 0 fully saturated rings. The Labute approximate surface area is 339 Å². The van der Waals surface area contributed by atoms with Crippen molar-refractivity contribution in [1.82, 2.24) is 28.7 Å². The molecule has 12 rings (SSSR count). The molecule has 0 aliphatic heterocycles. The Morgan fingerprint density at radius 2 is 0.644 bits per heavy atom. The number of hydrogen-bond acceptors (Lipinski definition) is 3. The van der Waals surface area contributed by atoms with Crippen LogP contribution in [0, 0.1) is 13.8 Å². The van der Waals surface area contributed by atoms with Crippen LogP contribution in [0.1, 0.15) is 11.1 Å². The van der Waals surface area contributed by atoms with Gasteiger partial charge in [0.1, 0.15) is 0 Å². The number of nitrogens with zero attached hydrogens (tertiary/aromatic N) is 6. The Kier molecular flexibility index (Phi) is 7.26. The minimum Gasteiger partial charge on any atom is -0.309 e. The highest BCUT2D eigenvalue weighted by Gasteiger charge is 2.23. The Hall–Kier alpha value is -7.83. The molecule has 0 saturated carbocycles. The lowest BCUT2D eigenvalue weighted by Gasteiger charge is -2.17. The fourth-order valence-electron chi connectivity index (χ4n) is 9.25. The molecule has 6 heteroatoms. The Morgan fingerprint density at radius 3 is 1.08 bits per heavy atom. The van der Waals surface area contributed by atoms with Crippen LogP contribution in [-0.2, 0) is 0 Å². The maximum Gasteiger partial charge on any atom is 0.238 e. The highest BCUT2D eigenvalue weighted by molar-refractivity contribution is 6.12. The van der Waals surface area contributed by atoms with Crippen molar-refractivity contribution in [1.29, 1.82) is 0 Å². The molecule has 59 heavy (non-hydrogen) atoms. The summed E-state index contributed by atoms with van der Waals surface area (Å²) in [4.78, 5) is 16.3.